The molecule has 0 bridgehead atoms. The average molecular weight is 295 g/mol. The normalized spacial score (nSPS) is 10.5. The van der Waals surface area contributed by atoms with Crippen molar-refractivity contribution >= 4 is 17.3 Å². The van der Waals surface area contributed by atoms with Crippen LogP contribution in [0.15, 0.2) is 18.2 Å². The van der Waals surface area contributed by atoms with E-state index in [2.05, 4.69) is 10.6 Å². The van der Waals surface area contributed by atoms with Gasteiger partial charge in [0.25, 0.3) is 11.6 Å². The lowest BCUT2D eigenvalue weighted by atomic mass is 10.1. The zero-order valence-electron chi connectivity index (χ0n) is 12.5. The molecule has 0 heterocycles. The van der Waals surface area contributed by atoms with Gasteiger partial charge in [-0.25, -0.2) is 0 Å². The van der Waals surface area contributed by atoms with Crippen molar-refractivity contribution in [2.75, 3.05) is 25.0 Å². The van der Waals surface area contributed by atoms with Gasteiger partial charge in [-0.1, -0.05) is 0 Å². The Morgan fingerprint density at radius 3 is 2.71 bits per heavy atom. The van der Waals surface area contributed by atoms with Crippen LogP contribution >= 0.6 is 0 Å². The number of rotatable bonds is 8. The van der Waals surface area contributed by atoms with Crippen LogP contribution in [0.1, 0.15) is 31.1 Å². The maximum absolute atomic E-state index is 11.7. The molecule has 7 nitrogen and oxygen atoms in total. The van der Waals surface area contributed by atoms with Crippen LogP contribution in [0.2, 0.25) is 0 Å². The Kier molecular flexibility index (Phi) is 6.61. The topological polar surface area (TPSA) is 93.5 Å². The second kappa shape index (κ2) is 8.21. The molecule has 0 aromatic heterocycles. The molecule has 1 aromatic rings. The van der Waals surface area contributed by atoms with Gasteiger partial charge >= 0.3 is 0 Å². The van der Waals surface area contributed by atoms with Crippen LogP contribution in [0, 0.1) is 10.1 Å². The highest BCUT2D eigenvalue weighted by molar-refractivity contribution is 5.95. The van der Waals surface area contributed by atoms with Crippen LogP contribution in [0.4, 0.5) is 11.4 Å². The van der Waals surface area contributed by atoms with E-state index in [9.17, 15) is 14.9 Å². The molecule has 2 N–H and O–H groups in total. The number of hydrogen-bond donors (Lipinski definition) is 2. The molecule has 0 spiro atoms. The van der Waals surface area contributed by atoms with Gasteiger partial charge < -0.3 is 15.4 Å². The third-order valence-electron chi connectivity index (χ3n) is 2.66. The molecule has 21 heavy (non-hydrogen) atoms. The smallest absolute Gasteiger partial charge is 0.293 e. The lowest BCUT2D eigenvalue weighted by molar-refractivity contribution is -0.384. The van der Waals surface area contributed by atoms with E-state index in [0.29, 0.717) is 25.4 Å². The molecule has 0 aliphatic rings. The van der Waals surface area contributed by atoms with E-state index in [-0.39, 0.29) is 23.3 Å². The highest BCUT2D eigenvalue weighted by Crippen LogP contribution is 2.25. The van der Waals surface area contributed by atoms with Gasteiger partial charge in [0, 0.05) is 24.7 Å². The molecular weight excluding hydrogens is 274 g/mol. The molecule has 0 unspecified atom stereocenters. The first kappa shape index (κ1) is 16.9. The minimum absolute atomic E-state index is 0.113. The predicted octanol–water partition coefficient (Wildman–Crippen LogP) is 2.18. The molecule has 1 amide bonds. The summed E-state index contributed by atoms with van der Waals surface area (Å²) in [4.78, 5) is 22.3. The molecule has 0 radical (unpaired) electrons. The average Bonchev–Trinajstić information content (AvgIpc) is 2.43. The van der Waals surface area contributed by atoms with Gasteiger partial charge in [0.1, 0.15) is 5.69 Å². The van der Waals surface area contributed by atoms with E-state index in [1.54, 1.807) is 13.0 Å². The van der Waals surface area contributed by atoms with Gasteiger partial charge in [-0.15, -0.1) is 0 Å². The molecule has 7 heteroatoms. The van der Waals surface area contributed by atoms with Crippen LogP contribution in [0.5, 0.6) is 0 Å². The fourth-order valence-corrected chi connectivity index (χ4v) is 1.72. The maximum Gasteiger partial charge on any atom is 0.293 e. The summed E-state index contributed by atoms with van der Waals surface area (Å²) in [6.45, 7) is 7.01. The molecule has 116 valence electrons. The zero-order chi connectivity index (χ0) is 15.8. The molecule has 0 saturated carbocycles. The second-order valence-corrected chi connectivity index (χ2v) is 4.69. The van der Waals surface area contributed by atoms with Crippen molar-refractivity contribution in [1.29, 1.82) is 0 Å². The fraction of sp³-hybridized carbons (Fsp3) is 0.500. The summed E-state index contributed by atoms with van der Waals surface area (Å²) >= 11 is 0. The monoisotopic (exact) mass is 295 g/mol. The van der Waals surface area contributed by atoms with Crippen molar-refractivity contribution in [3.8, 4) is 0 Å². The third kappa shape index (κ3) is 5.39. The predicted molar refractivity (Wildman–Crippen MR) is 80.7 cm³/mol. The zero-order valence-corrected chi connectivity index (χ0v) is 12.5. The third-order valence-corrected chi connectivity index (χ3v) is 2.66. The number of amides is 1. The number of carbonyl (C=O) groups excluding carboxylic acids is 1. The van der Waals surface area contributed by atoms with Crippen LogP contribution in [-0.2, 0) is 4.74 Å². The Balaban J connectivity index is 2.80. The first-order valence-electron chi connectivity index (χ1n) is 6.87. The number of hydrogen-bond acceptors (Lipinski definition) is 5. The second-order valence-electron chi connectivity index (χ2n) is 4.69. The minimum atomic E-state index is -0.506. The highest BCUT2D eigenvalue weighted by atomic mass is 16.6. The van der Waals surface area contributed by atoms with E-state index < -0.39 is 4.92 Å². The molecule has 0 atom stereocenters. The highest BCUT2D eigenvalue weighted by Gasteiger charge is 2.17. The van der Waals surface area contributed by atoms with Gasteiger partial charge in [0.05, 0.1) is 17.6 Å². The molecule has 0 fully saturated rings. The summed E-state index contributed by atoms with van der Waals surface area (Å²) in [6, 6.07) is 4.37. The summed E-state index contributed by atoms with van der Waals surface area (Å²) in [5.41, 5.74) is 0.524. The van der Waals surface area contributed by atoms with Crippen LogP contribution in [-0.4, -0.2) is 36.6 Å². The summed E-state index contributed by atoms with van der Waals surface area (Å²) in [5.74, 6) is -0.324. The fourth-order valence-electron chi connectivity index (χ4n) is 1.72. The van der Waals surface area contributed by atoms with Crippen LogP contribution in [0.25, 0.3) is 0 Å². The summed E-state index contributed by atoms with van der Waals surface area (Å²) in [7, 11) is 0. The lowest BCUT2D eigenvalue weighted by Crippen LogP contribution is -2.22. The van der Waals surface area contributed by atoms with Gasteiger partial charge in [-0.2, -0.15) is 0 Å². The molecule has 0 aliphatic heterocycles. The number of ether oxygens (including phenoxy) is 1. The van der Waals surface area contributed by atoms with Crippen molar-refractivity contribution in [2.45, 2.75) is 26.9 Å². The van der Waals surface area contributed by atoms with E-state index in [4.69, 9.17) is 4.74 Å². The number of nitrogens with one attached hydrogen (secondary N) is 2. The van der Waals surface area contributed by atoms with Crippen molar-refractivity contribution < 1.29 is 14.5 Å². The SMILES string of the molecule is CCNC(=O)c1ccc(NCCOC(C)C)c([N+](=O)[O-])c1. The van der Waals surface area contributed by atoms with E-state index in [0.717, 1.165) is 0 Å². The summed E-state index contributed by atoms with van der Waals surface area (Å²) in [6.07, 6.45) is 0.113. The molecule has 1 rings (SSSR count). The van der Waals surface area contributed by atoms with Crippen LogP contribution < -0.4 is 10.6 Å². The molecule has 0 saturated heterocycles. The number of benzene rings is 1. The van der Waals surface area contributed by atoms with Gasteiger partial charge in [0.15, 0.2) is 0 Å². The van der Waals surface area contributed by atoms with Crippen molar-refractivity contribution in [3.63, 3.8) is 0 Å². The Hall–Kier alpha value is -2.15. The Bertz CT molecular complexity index is 503. The minimum Gasteiger partial charge on any atom is -0.377 e. The Morgan fingerprint density at radius 1 is 1.43 bits per heavy atom. The summed E-state index contributed by atoms with van der Waals surface area (Å²) in [5, 5.41) is 16.7. The van der Waals surface area contributed by atoms with Crippen molar-refractivity contribution in [3.05, 3.63) is 33.9 Å². The van der Waals surface area contributed by atoms with Gasteiger partial charge in [-0.3, -0.25) is 14.9 Å². The lowest BCUT2D eigenvalue weighted by Gasteiger charge is -2.10. The standard InChI is InChI=1S/C14H21N3O4/c1-4-15-14(18)11-5-6-12(13(9-11)17(19)20)16-7-8-21-10(2)3/h5-6,9-10,16H,4,7-8H2,1-3H3,(H,15,18). The number of carbonyl (C=O) groups is 1. The molecular formula is C14H21N3O4. The van der Waals surface area contributed by atoms with Crippen molar-refractivity contribution in [2.24, 2.45) is 0 Å². The maximum atomic E-state index is 11.7. The molecule has 1 aromatic carbocycles. The number of nitro benzene ring substituents is 1. The summed E-state index contributed by atoms with van der Waals surface area (Å²) < 4.78 is 5.36. The Labute approximate surface area is 123 Å². The van der Waals surface area contributed by atoms with Gasteiger partial charge in [0.2, 0.25) is 0 Å². The van der Waals surface area contributed by atoms with Crippen molar-refractivity contribution in [1.82, 2.24) is 5.32 Å². The number of nitrogens with zero attached hydrogens (tertiary/aromatic N) is 1. The quantitative estimate of drug-likeness (QED) is 0.435. The number of anilines is 1. The van der Waals surface area contributed by atoms with E-state index in [1.807, 2.05) is 13.8 Å². The first-order chi connectivity index (χ1) is 9.95. The van der Waals surface area contributed by atoms with E-state index >= 15 is 0 Å². The largest absolute Gasteiger partial charge is 0.377 e. The van der Waals surface area contributed by atoms with Gasteiger partial charge in [-0.05, 0) is 32.9 Å². The molecule has 0 aliphatic carbocycles. The number of nitro groups is 1. The van der Waals surface area contributed by atoms with Crippen LogP contribution in [0.3, 0.4) is 0 Å². The van der Waals surface area contributed by atoms with E-state index in [1.165, 1.54) is 12.1 Å². The first-order valence-corrected chi connectivity index (χ1v) is 6.87. The Morgan fingerprint density at radius 2 is 2.14 bits per heavy atom.